The van der Waals surface area contributed by atoms with Crippen LogP contribution in [0.5, 0.6) is 0 Å². The third kappa shape index (κ3) is 5.34. The zero-order chi connectivity index (χ0) is 21.6. The molecule has 0 spiro atoms. The number of fused-ring (bicyclic) bond motifs is 3. The number of hydrogen-bond acceptors (Lipinski definition) is 5. The molecule has 3 N–H and O–H groups in total. The molecule has 0 unspecified atom stereocenters. The van der Waals surface area contributed by atoms with Gasteiger partial charge >= 0.3 is 0 Å². The summed E-state index contributed by atoms with van der Waals surface area (Å²) in [7, 11) is 0. The lowest BCUT2D eigenvalue weighted by Crippen LogP contribution is -2.46. The molecule has 1 amide bonds. The van der Waals surface area contributed by atoms with E-state index in [-0.39, 0.29) is 5.91 Å². The van der Waals surface area contributed by atoms with Crippen LogP contribution in [0.25, 0.3) is 21.9 Å². The zero-order valence-electron chi connectivity index (χ0n) is 18.3. The summed E-state index contributed by atoms with van der Waals surface area (Å²) in [6.07, 6.45) is 5.13. The van der Waals surface area contributed by atoms with Crippen molar-refractivity contribution in [3.63, 3.8) is 0 Å². The number of aromatic nitrogens is 3. The smallest absolute Gasteiger partial charge is 0.220 e. The first-order valence-corrected chi connectivity index (χ1v) is 10.8. The molecule has 7 heteroatoms. The Hall–Kier alpha value is -2.51. The number of unbranched alkanes of at least 4 members (excludes halogenated alkanes) is 2. The zero-order valence-corrected chi connectivity index (χ0v) is 18.3. The van der Waals surface area contributed by atoms with Crippen molar-refractivity contribution in [3.8, 4) is 0 Å². The van der Waals surface area contributed by atoms with Crippen LogP contribution >= 0.6 is 0 Å². The molecule has 0 aliphatic heterocycles. The molecule has 0 aliphatic carbocycles. The van der Waals surface area contributed by atoms with Crippen LogP contribution in [-0.2, 0) is 22.7 Å². The second kappa shape index (κ2) is 10.00. The quantitative estimate of drug-likeness (QED) is 0.471. The van der Waals surface area contributed by atoms with Crippen LogP contribution in [-0.4, -0.2) is 39.1 Å². The molecule has 0 fully saturated rings. The fourth-order valence-electron chi connectivity index (χ4n) is 3.77. The molecule has 0 saturated carbocycles. The second-order valence-corrected chi connectivity index (χ2v) is 8.29. The van der Waals surface area contributed by atoms with Crippen LogP contribution < -0.4 is 11.1 Å². The van der Waals surface area contributed by atoms with Gasteiger partial charge in [-0.05, 0) is 46.2 Å². The Balaban J connectivity index is 1.88. The van der Waals surface area contributed by atoms with E-state index in [0.717, 1.165) is 47.0 Å². The summed E-state index contributed by atoms with van der Waals surface area (Å²) in [6.45, 7) is 8.36. The number of pyridine rings is 1. The Kier molecular flexibility index (Phi) is 7.39. The normalized spacial score (nSPS) is 12.0. The molecule has 0 aliphatic rings. The number of para-hydroxylation sites is 1. The van der Waals surface area contributed by atoms with E-state index < -0.39 is 5.54 Å². The van der Waals surface area contributed by atoms with Crippen molar-refractivity contribution in [1.29, 1.82) is 0 Å². The standard InChI is InChI=1S/C23H33N5O2/c1-4-30-15-20-26-19-14-25-18-11-8-7-10-17(18)22(19)28(20)16-23(2,3)27-21(29)12-6-5-9-13-24/h7-8,10-11,14H,4-6,9,12-13,15-16,24H2,1-3H3,(H,27,29). The van der Waals surface area contributed by atoms with E-state index in [1.54, 1.807) is 0 Å². The molecule has 162 valence electrons. The topological polar surface area (TPSA) is 95.1 Å². The van der Waals surface area contributed by atoms with Gasteiger partial charge in [-0.1, -0.05) is 24.6 Å². The molecule has 0 radical (unpaired) electrons. The highest BCUT2D eigenvalue weighted by atomic mass is 16.5. The number of carbonyl (C=O) groups is 1. The predicted octanol–water partition coefficient (Wildman–Crippen LogP) is 3.53. The fraction of sp³-hybridized carbons (Fsp3) is 0.522. The van der Waals surface area contributed by atoms with E-state index in [0.29, 0.717) is 32.7 Å². The Bertz CT molecular complexity index is 996. The summed E-state index contributed by atoms with van der Waals surface area (Å²) in [6, 6.07) is 8.06. The number of benzene rings is 1. The summed E-state index contributed by atoms with van der Waals surface area (Å²) >= 11 is 0. The number of rotatable bonds is 11. The van der Waals surface area contributed by atoms with E-state index in [1.165, 1.54) is 0 Å². The van der Waals surface area contributed by atoms with Crippen molar-refractivity contribution < 1.29 is 9.53 Å². The van der Waals surface area contributed by atoms with Crippen LogP contribution in [0, 0.1) is 0 Å². The number of imidazole rings is 1. The highest BCUT2D eigenvalue weighted by Crippen LogP contribution is 2.26. The maximum absolute atomic E-state index is 12.5. The minimum absolute atomic E-state index is 0.0688. The van der Waals surface area contributed by atoms with Gasteiger partial charge in [-0.15, -0.1) is 0 Å². The van der Waals surface area contributed by atoms with Gasteiger partial charge in [-0.25, -0.2) is 4.98 Å². The average Bonchev–Trinajstić information content (AvgIpc) is 3.06. The van der Waals surface area contributed by atoms with Crippen molar-refractivity contribution in [2.45, 2.75) is 65.1 Å². The molecule has 0 saturated heterocycles. The van der Waals surface area contributed by atoms with E-state index in [1.807, 2.05) is 45.2 Å². The first-order chi connectivity index (χ1) is 14.4. The summed E-state index contributed by atoms with van der Waals surface area (Å²) in [5, 5.41) is 4.24. The lowest BCUT2D eigenvalue weighted by molar-refractivity contribution is -0.122. The van der Waals surface area contributed by atoms with Gasteiger partial charge in [-0.3, -0.25) is 9.78 Å². The van der Waals surface area contributed by atoms with Gasteiger partial charge in [0.25, 0.3) is 0 Å². The third-order valence-corrected chi connectivity index (χ3v) is 5.13. The Morgan fingerprint density at radius 3 is 2.77 bits per heavy atom. The van der Waals surface area contributed by atoms with Crippen molar-refractivity contribution in [1.82, 2.24) is 19.9 Å². The third-order valence-electron chi connectivity index (χ3n) is 5.13. The number of nitrogens with one attached hydrogen (secondary N) is 1. The maximum atomic E-state index is 12.5. The molecular formula is C23H33N5O2. The highest BCUT2D eigenvalue weighted by molar-refractivity contribution is 6.02. The lowest BCUT2D eigenvalue weighted by Gasteiger charge is -2.28. The van der Waals surface area contributed by atoms with Gasteiger partial charge < -0.3 is 20.4 Å². The fourth-order valence-corrected chi connectivity index (χ4v) is 3.77. The molecule has 0 atom stereocenters. The van der Waals surface area contributed by atoms with Gasteiger partial charge in [0.15, 0.2) is 0 Å². The number of nitrogens with two attached hydrogens (primary N) is 1. The molecular weight excluding hydrogens is 378 g/mol. The second-order valence-electron chi connectivity index (χ2n) is 8.29. The molecule has 30 heavy (non-hydrogen) atoms. The summed E-state index contributed by atoms with van der Waals surface area (Å²) in [5.74, 6) is 0.912. The lowest BCUT2D eigenvalue weighted by atomic mass is 10.0. The van der Waals surface area contributed by atoms with Crippen LogP contribution in [0.15, 0.2) is 30.5 Å². The van der Waals surface area contributed by atoms with Crippen LogP contribution in [0.1, 0.15) is 52.3 Å². The Labute approximate surface area is 178 Å². The monoisotopic (exact) mass is 411 g/mol. The average molecular weight is 412 g/mol. The SMILES string of the molecule is CCOCc1nc2cnc3ccccc3c2n1CC(C)(C)NC(=O)CCCCCN. The summed E-state index contributed by atoms with van der Waals surface area (Å²) in [5.41, 5.74) is 7.89. The molecule has 2 aromatic heterocycles. The maximum Gasteiger partial charge on any atom is 0.220 e. The number of amides is 1. The van der Waals surface area contributed by atoms with Gasteiger partial charge in [-0.2, -0.15) is 0 Å². The Morgan fingerprint density at radius 1 is 1.20 bits per heavy atom. The molecule has 1 aromatic carbocycles. The first-order valence-electron chi connectivity index (χ1n) is 10.8. The minimum atomic E-state index is -0.441. The van der Waals surface area contributed by atoms with Gasteiger partial charge in [0.1, 0.15) is 17.9 Å². The van der Waals surface area contributed by atoms with Crippen molar-refractivity contribution in [2.75, 3.05) is 13.2 Å². The van der Waals surface area contributed by atoms with Crippen molar-refractivity contribution in [3.05, 3.63) is 36.3 Å². The van der Waals surface area contributed by atoms with E-state index in [2.05, 4.69) is 20.9 Å². The van der Waals surface area contributed by atoms with Crippen molar-refractivity contribution >= 4 is 27.8 Å². The van der Waals surface area contributed by atoms with E-state index in [4.69, 9.17) is 15.5 Å². The number of nitrogens with zero attached hydrogens (tertiary/aromatic N) is 3. The molecule has 3 rings (SSSR count). The number of hydrogen-bond donors (Lipinski definition) is 2. The van der Waals surface area contributed by atoms with Gasteiger partial charge in [0, 0.05) is 25.0 Å². The Morgan fingerprint density at radius 2 is 2.00 bits per heavy atom. The predicted molar refractivity (Wildman–Crippen MR) is 120 cm³/mol. The molecule has 0 bridgehead atoms. The first kappa shape index (κ1) is 22.2. The van der Waals surface area contributed by atoms with Crippen LogP contribution in [0.3, 0.4) is 0 Å². The van der Waals surface area contributed by atoms with Crippen LogP contribution in [0.2, 0.25) is 0 Å². The number of ether oxygens (including phenoxy) is 1. The van der Waals surface area contributed by atoms with E-state index >= 15 is 0 Å². The summed E-state index contributed by atoms with van der Waals surface area (Å²) < 4.78 is 7.84. The van der Waals surface area contributed by atoms with Crippen LogP contribution in [0.4, 0.5) is 0 Å². The van der Waals surface area contributed by atoms with Crippen molar-refractivity contribution in [2.24, 2.45) is 5.73 Å². The van der Waals surface area contributed by atoms with Gasteiger partial charge in [0.2, 0.25) is 5.91 Å². The van der Waals surface area contributed by atoms with E-state index in [9.17, 15) is 4.79 Å². The molecule has 3 aromatic rings. The van der Waals surface area contributed by atoms with Gasteiger partial charge in [0.05, 0.1) is 22.8 Å². The minimum Gasteiger partial charge on any atom is -0.374 e. The molecule has 7 nitrogen and oxygen atoms in total. The highest BCUT2D eigenvalue weighted by Gasteiger charge is 2.25. The largest absolute Gasteiger partial charge is 0.374 e. The molecule has 2 heterocycles. The number of carbonyl (C=O) groups excluding carboxylic acids is 1. The summed E-state index contributed by atoms with van der Waals surface area (Å²) in [4.78, 5) is 21.8.